The second-order valence-electron chi connectivity index (χ2n) is 12.9. The van der Waals surface area contributed by atoms with Gasteiger partial charge in [-0.2, -0.15) is 0 Å². The highest BCUT2D eigenvalue weighted by Gasteiger charge is 2.45. The van der Waals surface area contributed by atoms with E-state index in [0.717, 1.165) is 56.2 Å². The molecule has 5 heterocycles. The number of aromatic nitrogens is 2. The standard InChI is InChI=1S/C34H42FN5O/c1-23-36-33-22-38(24(2)41)14-13-34(33)40(23)31-16-29-11-12-30(17-31)39(29)20-27-19-37(18-25-7-4-3-5-8-25)21-32(27)26-9-6-10-28(35)15-26/h3-10,15,27,29-32H,11-14,16-22H2,1-2H3/t27-,29-,30+,31?,32-/m1/s1. The number of imidazole rings is 1. The van der Waals surface area contributed by atoms with Crippen molar-refractivity contribution < 1.29 is 9.18 Å². The Balaban J connectivity index is 1.08. The molecule has 4 aliphatic rings. The van der Waals surface area contributed by atoms with E-state index in [-0.39, 0.29) is 11.7 Å². The molecular weight excluding hydrogens is 513 g/mol. The first-order chi connectivity index (χ1) is 19.9. The van der Waals surface area contributed by atoms with E-state index in [0.29, 0.717) is 36.5 Å². The number of likely N-dealkylation sites (tertiary alicyclic amines) is 1. The molecular formula is C34H42FN5O. The van der Waals surface area contributed by atoms with Gasteiger partial charge in [-0.05, 0) is 61.8 Å². The number of piperidine rings is 1. The summed E-state index contributed by atoms with van der Waals surface area (Å²) in [4.78, 5) is 24.3. The van der Waals surface area contributed by atoms with Crippen LogP contribution in [0.4, 0.5) is 4.39 Å². The average Bonchev–Trinajstić information content (AvgIpc) is 3.58. The van der Waals surface area contributed by atoms with E-state index >= 15 is 0 Å². The summed E-state index contributed by atoms with van der Waals surface area (Å²) in [6.07, 6.45) is 5.77. The summed E-state index contributed by atoms with van der Waals surface area (Å²) in [5.41, 5.74) is 4.95. The van der Waals surface area contributed by atoms with Gasteiger partial charge in [-0.3, -0.25) is 14.6 Å². The van der Waals surface area contributed by atoms with E-state index in [1.54, 1.807) is 19.1 Å². The maximum Gasteiger partial charge on any atom is 0.219 e. The number of carbonyl (C=O) groups excluding carboxylic acids is 1. The molecule has 1 unspecified atom stereocenters. The smallest absolute Gasteiger partial charge is 0.219 e. The molecule has 0 spiro atoms. The predicted octanol–water partition coefficient (Wildman–Crippen LogP) is 5.32. The molecule has 6 nitrogen and oxygen atoms in total. The number of benzene rings is 2. The zero-order chi connectivity index (χ0) is 28.1. The lowest BCUT2D eigenvalue weighted by Gasteiger charge is -2.42. The van der Waals surface area contributed by atoms with Crippen LogP contribution in [0.5, 0.6) is 0 Å². The molecule has 216 valence electrons. The summed E-state index contributed by atoms with van der Waals surface area (Å²) >= 11 is 0. The molecule has 3 saturated heterocycles. The molecule has 2 aromatic carbocycles. The number of carbonyl (C=O) groups is 1. The Morgan fingerprint density at radius 1 is 1.00 bits per heavy atom. The Kier molecular flexibility index (Phi) is 7.20. The van der Waals surface area contributed by atoms with Gasteiger partial charge in [-0.25, -0.2) is 9.37 Å². The number of fused-ring (bicyclic) bond motifs is 3. The minimum atomic E-state index is -0.130. The molecule has 1 amide bonds. The largest absolute Gasteiger partial charge is 0.337 e. The second kappa shape index (κ2) is 11.0. The molecule has 7 rings (SSSR count). The van der Waals surface area contributed by atoms with Crippen LogP contribution in [0.1, 0.15) is 72.9 Å². The monoisotopic (exact) mass is 555 g/mol. The lowest BCUT2D eigenvalue weighted by molar-refractivity contribution is -0.129. The quantitative estimate of drug-likeness (QED) is 0.413. The summed E-state index contributed by atoms with van der Waals surface area (Å²) in [5, 5.41) is 0. The Morgan fingerprint density at radius 2 is 1.78 bits per heavy atom. The van der Waals surface area contributed by atoms with E-state index in [9.17, 15) is 9.18 Å². The number of aryl methyl sites for hydroxylation is 1. The van der Waals surface area contributed by atoms with E-state index in [1.807, 2.05) is 11.0 Å². The van der Waals surface area contributed by atoms with Crippen LogP contribution in [0, 0.1) is 18.7 Å². The number of nitrogens with zero attached hydrogens (tertiary/aromatic N) is 5. The fourth-order valence-corrected chi connectivity index (χ4v) is 8.55. The summed E-state index contributed by atoms with van der Waals surface area (Å²) in [7, 11) is 0. The molecule has 3 fully saturated rings. The lowest BCUT2D eigenvalue weighted by atomic mass is 9.87. The fourth-order valence-electron chi connectivity index (χ4n) is 8.55. The van der Waals surface area contributed by atoms with Crippen molar-refractivity contribution in [1.82, 2.24) is 24.3 Å². The maximum absolute atomic E-state index is 14.3. The molecule has 0 radical (unpaired) electrons. The minimum Gasteiger partial charge on any atom is -0.337 e. The van der Waals surface area contributed by atoms with Crippen LogP contribution in [0.2, 0.25) is 0 Å². The van der Waals surface area contributed by atoms with Crippen molar-refractivity contribution in [2.45, 2.75) is 83.1 Å². The first-order valence-electron chi connectivity index (χ1n) is 15.5. The first-order valence-corrected chi connectivity index (χ1v) is 15.5. The van der Waals surface area contributed by atoms with E-state index in [1.165, 1.54) is 36.9 Å². The van der Waals surface area contributed by atoms with E-state index in [4.69, 9.17) is 4.98 Å². The van der Waals surface area contributed by atoms with Gasteiger partial charge in [0.2, 0.25) is 5.91 Å². The number of halogens is 1. The third kappa shape index (κ3) is 5.23. The maximum atomic E-state index is 14.3. The molecule has 3 aromatic rings. The van der Waals surface area contributed by atoms with Gasteiger partial charge in [0.25, 0.3) is 0 Å². The normalized spacial score (nSPS) is 28.3. The molecule has 0 N–H and O–H groups in total. The van der Waals surface area contributed by atoms with Gasteiger partial charge in [0.15, 0.2) is 0 Å². The van der Waals surface area contributed by atoms with Crippen molar-refractivity contribution in [3.63, 3.8) is 0 Å². The summed E-state index contributed by atoms with van der Waals surface area (Å²) < 4.78 is 16.9. The molecule has 4 aliphatic heterocycles. The molecule has 41 heavy (non-hydrogen) atoms. The van der Waals surface area contributed by atoms with Gasteiger partial charge in [-0.15, -0.1) is 0 Å². The van der Waals surface area contributed by atoms with Gasteiger partial charge in [-0.1, -0.05) is 42.5 Å². The average molecular weight is 556 g/mol. The van der Waals surface area contributed by atoms with Gasteiger partial charge >= 0.3 is 0 Å². The molecule has 5 atom stereocenters. The van der Waals surface area contributed by atoms with Crippen LogP contribution < -0.4 is 0 Å². The summed E-state index contributed by atoms with van der Waals surface area (Å²) in [6, 6.07) is 19.7. The van der Waals surface area contributed by atoms with Gasteiger partial charge in [0.05, 0.1) is 12.2 Å². The second-order valence-corrected chi connectivity index (χ2v) is 12.9. The van der Waals surface area contributed by atoms with Crippen molar-refractivity contribution in [3.05, 3.63) is 88.8 Å². The Hall–Kier alpha value is -3.03. The Morgan fingerprint density at radius 3 is 2.51 bits per heavy atom. The zero-order valence-electron chi connectivity index (χ0n) is 24.4. The van der Waals surface area contributed by atoms with Crippen LogP contribution in [-0.4, -0.2) is 68.4 Å². The zero-order valence-corrected chi connectivity index (χ0v) is 24.4. The first kappa shape index (κ1) is 26.8. The summed E-state index contributed by atoms with van der Waals surface area (Å²) in [5.74, 6) is 1.95. The number of amides is 1. The highest BCUT2D eigenvalue weighted by Crippen LogP contribution is 2.44. The van der Waals surface area contributed by atoms with Crippen LogP contribution in [-0.2, 0) is 24.3 Å². The Labute approximate surface area is 243 Å². The van der Waals surface area contributed by atoms with Crippen molar-refractivity contribution in [2.24, 2.45) is 5.92 Å². The third-order valence-electron chi connectivity index (χ3n) is 10.4. The SMILES string of the molecule is CC(=O)N1CCc2c(nc(C)n2C2C[C@H]3CC[C@@H](C2)N3C[C@H]2CN(Cc3ccccc3)C[C@@H]2c2cccc(F)c2)C1. The minimum absolute atomic E-state index is 0.130. The van der Waals surface area contributed by atoms with Crippen molar-refractivity contribution in [2.75, 3.05) is 26.2 Å². The van der Waals surface area contributed by atoms with E-state index in [2.05, 4.69) is 57.7 Å². The van der Waals surface area contributed by atoms with Crippen molar-refractivity contribution in [1.29, 1.82) is 0 Å². The van der Waals surface area contributed by atoms with Crippen LogP contribution >= 0.6 is 0 Å². The van der Waals surface area contributed by atoms with E-state index < -0.39 is 0 Å². The van der Waals surface area contributed by atoms with Crippen molar-refractivity contribution in [3.8, 4) is 0 Å². The molecule has 0 saturated carbocycles. The highest BCUT2D eigenvalue weighted by atomic mass is 19.1. The number of hydrogen-bond acceptors (Lipinski definition) is 4. The molecule has 7 heteroatoms. The van der Waals surface area contributed by atoms with Gasteiger partial charge in [0, 0.05) is 75.8 Å². The topological polar surface area (TPSA) is 44.6 Å². The van der Waals surface area contributed by atoms with Crippen LogP contribution in [0.3, 0.4) is 0 Å². The van der Waals surface area contributed by atoms with Gasteiger partial charge < -0.3 is 9.47 Å². The lowest BCUT2D eigenvalue weighted by Crippen LogP contribution is -2.47. The molecule has 1 aromatic heterocycles. The van der Waals surface area contributed by atoms with Crippen molar-refractivity contribution >= 4 is 5.91 Å². The molecule has 0 aliphatic carbocycles. The van der Waals surface area contributed by atoms with Crippen LogP contribution in [0.15, 0.2) is 54.6 Å². The summed E-state index contributed by atoms with van der Waals surface area (Å²) in [6.45, 7) is 9.31. The van der Waals surface area contributed by atoms with Gasteiger partial charge in [0.1, 0.15) is 11.6 Å². The van der Waals surface area contributed by atoms with Crippen LogP contribution in [0.25, 0.3) is 0 Å². The third-order valence-corrected chi connectivity index (χ3v) is 10.4. The predicted molar refractivity (Wildman–Crippen MR) is 158 cm³/mol. The number of rotatable bonds is 6. The Bertz CT molecular complexity index is 1390. The number of hydrogen-bond donors (Lipinski definition) is 0. The highest BCUT2D eigenvalue weighted by molar-refractivity contribution is 5.73. The molecule has 2 bridgehead atoms. The fraction of sp³-hybridized carbons (Fsp3) is 0.529.